The van der Waals surface area contributed by atoms with Crippen molar-refractivity contribution in [2.75, 3.05) is 13.3 Å². The highest BCUT2D eigenvalue weighted by Crippen LogP contribution is 2.39. The van der Waals surface area contributed by atoms with E-state index in [0.29, 0.717) is 18.9 Å². The second kappa shape index (κ2) is 8.19. The van der Waals surface area contributed by atoms with Gasteiger partial charge in [-0.3, -0.25) is 4.79 Å². The summed E-state index contributed by atoms with van der Waals surface area (Å²) < 4.78 is 11.0. The summed E-state index contributed by atoms with van der Waals surface area (Å²) in [6.07, 6.45) is 3.39. The molecule has 3 aromatic rings. The summed E-state index contributed by atoms with van der Waals surface area (Å²) in [4.78, 5) is 16.2. The van der Waals surface area contributed by atoms with Crippen LogP contribution in [0.15, 0.2) is 42.6 Å². The fraction of sp³-hybridized carbons (Fsp3) is 0.375. The molecular formula is C24H28N2O3. The summed E-state index contributed by atoms with van der Waals surface area (Å²) in [6.45, 7) is 7.28. The van der Waals surface area contributed by atoms with E-state index < -0.39 is 0 Å². The Bertz CT molecular complexity index is 1020. The van der Waals surface area contributed by atoms with Gasteiger partial charge in [0.2, 0.25) is 12.7 Å². The fourth-order valence-corrected chi connectivity index (χ4v) is 3.93. The predicted molar refractivity (Wildman–Crippen MR) is 115 cm³/mol. The molecular weight excluding hydrogens is 364 g/mol. The number of nitrogens with one attached hydrogen (secondary N) is 2. The molecule has 1 amide bonds. The van der Waals surface area contributed by atoms with Gasteiger partial charge in [0, 0.05) is 36.0 Å². The molecule has 5 heteroatoms. The van der Waals surface area contributed by atoms with E-state index in [1.54, 1.807) is 0 Å². The van der Waals surface area contributed by atoms with E-state index in [1.807, 2.05) is 18.2 Å². The molecule has 0 fully saturated rings. The largest absolute Gasteiger partial charge is 0.454 e. The fourth-order valence-electron chi connectivity index (χ4n) is 3.93. The van der Waals surface area contributed by atoms with Gasteiger partial charge in [0.25, 0.3) is 0 Å². The zero-order valence-electron chi connectivity index (χ0n) is 17.2. The predicted octanol–water partition coefficient (Wildman–Crippen LogP) is 4.75. The van der Waals surface area contributed by atoms with Gasteiger partial charge in [0.05, 0.1) is 0 Å². The SMILES string of the molecule is CCc1cccc2c([C@H](CC(=O)NCC(C)C)c3ccc4c(c3)OCO4)c[nH]c12. The quantitative estimate of drug-likeness (QED) is 0.610. The number of hydrogen-bond acceptors (Lipinski definition) is 3. The summed E-state index contributed by atoms with van der Waals surface area (Å²) >= 11 is 0. The number of aromatic nitrogens is 1. The molecule has 0 saturated heterocycles. The number of H-pyrrole nitrogens is 1. The molecule has 2 aromatic carbocycles. The van der Waals surface area contributed by atoms with Crippen molar-refractivity contribution in [2.24, 2.45) is 5.92 Å². The Balaban J connectivity index is 1.73. The molecule has 2 heterocycles. The van der Waals surface area contributed by atoms with Gasteiger partial charge in [-0.15, -0.1) is 0 Å². The molecule has 0 aliphatic carbocycles. The molecule has 0 unspecified atom stereocenters. The third-order valence-corrected chi connectivity index (χ3v) is 5.49. The summed E-state index contributed by atoms with van der Waals surface area (Å²) in [5.41, 5.74) is 4.62. The lowest BCUT2D eigenvalue weighted by Crippen LogP contribution is -2.28. The van der Waals surface area contributed by atoms with Gasteiger partial charge in [-0.25, -0.2) is 0 Å². The molecule has 0 bridgehead atoms. The molecule has 1 aliphatic heterocycles. The molecule has 29 heavy (non-hydrogen) atoms. The van der Waals surface area contributed by atoms with Gasteiger partial charge in [0.15, 0.2) is 11.5 Å². The molecule has 152 valence electrons. The van der Waals surface area contributed by atoms with Crippen molar-refractivity contribution in [2.45, 2.75) is 39.5 Å². The van der Waals surface area contributed by atoms with E-state index in [4.69, 9.17) is 9.47 Å². The minimum Gasteiger partial charge on any atom is -0.454 e. The van der Waals surface area contributed by atoms with Crippen LogP contribution in [0.3, 0.4) is 0 Å². The molecule has 1 atom stereocenters. The first kappa shape index (κ1) is 19.4. The number of ether oxygens (including phenoxy) is 2. The number of amides is 1. The topological polar surface area (TPSA) is 63.4 Å². The molecule has 0 radical (unpaired) electrons. The van der Waals surface area contributed by atoms with Crippen LogP contribution in [-0.4, -0.2) is 24.2 Å². The van der Waals surface area contributed by atoms with E-state index in [9.17, 15) is 4.79 Å². The van der Waals surface area contributed by atoms with Crippen LogP contribution in [0.25, 0.3) is 10.9 Å². The highest BCUT2D eigenvalue weighted by Gasteiger charge is 2.24. The van der Waals surface area contributed by atoms with Crippen LogP contribution in [0.2, 0.25) is 0 Å². The minimum atomic E-state index is -0.0717. The highest BCUT2D eigenvalue weighted by atomic mass is 16.7. The number of aryl methyl sites for hydroxylation is 1. The van der Waals surface area contributed by atoms with Gasteiger partial charge >= 0.3 is 0 Å². The zero-order chi connectivity index (χ0) is 20.4. The number of hydrogen-bond donors (Lipinski definition) is 2. The molecule has 4 rings (SSSR count). The van der Waals surface area contributed by atoms with Crippen LogP contribution in [0, 0.1) is 5.92 Å². The van der Waals surface area contributed by atoms with E-state index in [2.05, 4.69) is 55.5 Å². The minimum absolute atomic E-state index is 0.0577. The number of benzene rings is 2. The first-order valence-electron chi connectivity index (χ1n) is 10.3. The van der Waals surface area contributed by atoms with Crippen LogP contribution in [0.1, 0.15) is 49.8 Å². The van der Waals surface area contributed by atoms with Gasteiger partial charge in [-0.2, -0.15) is 0 Å². The third kappa shape index (κ3) is 3.95. The van der Waals surface area contributed by atoms with Gasteiger partial charge < -0.3 is 19.8 Å². The van der Waals surface area contributed by atoms with Gasteiger partial charge in [-0.1, -0.05) is 45.0 Å². The van der Waals surface area contributed by atoms with Crippen LogP contribution >= 0.6 is 0 Å². The molecule has 5 nitrogen and oxygen atoms in total. The van der Waals surface area contributed by atoms with Crippen molar-refractivity contribution >= 4 is 16.8 Å². The molecule has 1 aromatic heterocycles. The summed E-state index contributed by atoms with van der Waals surface area (Å²) in [6, 6.07) is 12.3. The molecule has 2 N–H and O–H groups in total. The normalized spacial score (nSPS) is 13.8. The number of fused-ring (bicyclic) bond motifs is 2. The van der Waals surface area contributed by atoms with Crippen molar-refractivity contribution in [1.82, 2.24) is 10.3 Å². The Morgan fingerprint density at radius 2 is 2.00 bits per heavy atom. The summed E-state index contributed by atoms with van der Waals surface area (Å²) in [5.74, 6) is 1.90. The Kier molecular flexibility index (Phi) is 5.47. The maximum absolute atomic E-state index is 12.7. The summed E-state index contributed by atoms with van der Waals surface area (Å²) in [5, 5.41) is 4.23. The van der Waals surface area contributed by atoms with Crippen LogP contribution in [0.4, 0.5) is 0 Å². The van der Waals surface area contributed by atoms with Crippen LogP contribution in [-0.2, 0) is 11.2 Å². The van der Waals surface area contributed by atoms with Crippen LogP contribution in [0.5, 0.6) is 11.5 Å². The van der Waals surface area contributed by atoms with E-state index in [0.717, 1.165) is 34.6 Å². The average Bonchev–Trinajstić information content (AvgIpc) is 3.36. The monoisotopic (exact) mass is 392 g/mol. The van der Waals surface area contributed by atoms with E-state index in [-0.39, 0.29) is 18.6 Å². The van der Waals surface area contributed by atoms with Crippen molar-refractivity contribution in [3.63, 3.8) is 0 Å². The Labute approximate surface area is 171 Å². The number of rotatable bonds is 7. The molecule has 0 spiro atoms. The van der Waals surface area contributed by atoms with Crippen molar-refractivity contribution < 1.29 is 14.3 Å². The average molecular weight is 392 g/mol. The zero-order valence-corrected chi connectivity index (χ0v) is 17.2. The second-order valence-electron chi connectivity index (χ2n) is 8.00. The number of carbonyl (C=O) groups is 1. The maximum atomic E-state index is 12.7. The van der Waals surface area contributed by atoms with Gasteiger partial charge in [-0.05, 0) is 41.2 Å². The third-order valence-electron chi connectivity index (χ3n) is 5.49. The first-order valence-corrected chi connectivity index (χ1v) is 10.3. The van der Waals surface area contributed by atoms with Crippen molar-refractivity contribution in [1.29, 1.82) is 0 Å². The van der Waals surface area contributed by atoms with Crippen molar-refractivity contribution in [3.8, 4) is 11.5 Å². The standard InChI is InChI=1S/C24H28N2O3/c1-4-16-6-5-7-18-20(13-26-24(16)18)19(11-23(27)25-12-15(2)3)17-8-9-21-22(10-17)29-14-28-21/h5-10,13,15,19,26H,4,11-12,14H2,1-3H3,(H,25,27)/t19-/m1/s1. The molecule has 0 saturated carbocycles. The second-order valence-corrected chi connectivity index (χ2v) is 8.00. The molecule has 1 aliphatic rings. The Morgan fingerprint density at radius 3 is 2.79 bits per heavy atom. The maximum Gasteiger partial charge on any atom is 0.231 e. The summed E-state index contributed by atoms with van der Waals surface area (Å²) in [7, 11) is 0. The van der Waals surface area contributed by atoms with Crippen molar-refractivity contribution in [3.05, 3.63) is 59.3 Å². The lowest BCUT2D eigenvalue weighted by Gasteiger charge is -2.18. The first-order chi connectivity index (χ1) is 14.1. The number of carbonyl (C=O) groups excluding carboxylic acids is 1. The lowest BCUT2D eigenvalue weighted by atomic mass is 9.87. The van der Waals surface area contributed by atoms with Gasteiger partial charge in [0.1, 0.15) is 0 Å². The van der Waals surface area contributed by atoms with E-state index in [1.165, 1.54) is 10.9 Å². The van der Waals surface area contributed by atoms with E-state index >= 15 is 0 Å². The lowest BCUT2D eigenvalue weighted by molar-refractivity contribution is -0.121. The number of aromatic amines is 1. The van der Waals surface area contributed by atoms with Crippen LogP contribution < -0.4 is 14.8 Å². The Hall–Kier alpha value is -2.95. The number of para-hydroxylation sites is 1. The Morgan fingerprint density at radius 1 is 1.17 bits per heavy atom. The smallest absolute Gasteiger partial charge is 0.231 e. The highest BCUT2D eigenvalue weighted by molar-refractivity contribution is 5.88.